The molecule has 4 aromatic heterocycles. The van der Waals surface area contributed by atoms with Gasteiger partial charge in [-0.2, -0.15) is 0 Å². The lowest BCUT2D eigenvalue weighted by Gasteiger charge is -2.35. The van der Waals surface area contributed by atoms with E-state index in [1.807, 2.05) is 35.1 Å². The second-order valence-corrected chi connectivity index (χ2v) is 14.6. The van der Waals surface area contributed by atoms with Gasteiger partial charge in [0.05, 0.1) is 49.0 Å². The third-order valence-electron chi connectivity index (χ3n) is 10.6. The van der Waals surface area contributed by atoms with Crippen molar-refractivity contribution in [3.63, 3.8) is 0 Å². The number of piperazine rings is 1. The van der Waals surface area contributed by atoms with Gasteiger partial charge in [-0.25, -0.2) is 19.6 Å². The third kappa shape index (κ3) is 7.92. The number of piperidine rings is 1. The number of hydrogen-bond donors (Lipinski definition) is 4. The van der Waals surface area contributed by atoms with E-state index < -0.39 is 29.7 Å². The first kappa shape index (κ1) is 38.2. The number of rotatable bonds is 14. The fourth-order valence-corrected chi connectivity index (χ4v) is 7.63. The van der Waals surface area contributed by atoms with Gasteiger partial charge in [-0.1, -0.05) is 11.3 Å². The van der Waals surface area contributed by atoms with Gasteiger partial charge in [0.2, 0.25) is 11.8 Å². The smallest absolute Gasteiger partial charge is 0.264 e. The number of ether oxygens (including phenoxy) is 1. The number of fused-ring (bicyclic) bond motifs is 2. The van der Waals surface area contributed by atoms with E-state index in [9.17, 15) is 19.2 Å². The predicted octanol–water partition coefficient (Wildman–Crippen LogP) is 1.96. The van der Waals surface area contributed by atoms with Crippen LogP contribution in [0.5, 0.6) is 0 Å². The molecule has 0 aliphatic carbocycles. The number of aromatic nitrogens is 8. The minimum absolute atomic E-state index is 0.0638. The van der Waals surface area contributed by atoms with Gasteiger partial charge >= 0.3 is 0 Å². The van der Waals surface area contributed by atoms with Crippen LogP contribution in [0.2, 0.25) is 0 Å². The predicted molar refractivity (Wildman–Crippen MR) is 218 cm³/mol. The van der Waals surface area contributed by atoms with Gasteiger partial charge < -0.3 is 30.4 Å². The number of imidazole rings is 1. The molecule has 0 bridgehead atoms. The Morgan fingerprint density at radius 3 is 2.58 bits per heavy atom. The van der Waals surface area contributed by atoms with Gasteiger partial charge in [0, 0.05) is 87.5 Å². The zero-order valence-corrected chi connectivity index (χ0v) is 32.4. The largest absolute Gasteiger partial charge is 0.382 e. The van der Waals surface area contributed by atoms with Crippen LogP contribution in [-0.2, 0) is 27.4 Å². The van der Waals surface area contributed by atoms with Crippen molar-refractivity contribution < 1.29 is 23.9 Å². The van der Waals surface area contributed by atoms with Crippen LogP contribution >= 0.6 is 0 Å². The van der Waals surface area contributed by atoms with E-state index in [0.717, 1.165) is 48.1 Å². The van der Waals surface area contributed by atoms with Crippen LogP contribution < -0.4 is 26.6 Å². The molecule has 20 nitrogen and oxygen atoms in total. The Morgan fingerprint density at radius 2 is 1.77 bits per heavy atom. The first-order valence-electron chi connectivity index (χ1n) is 19.6. The molecule has 1 unspecified atom stereocenters. The van der Waals surface area contributed by atoms with Crippen molar-refractivity contribution in [2.45, 2.75) is 32.0 Å². The molecule has 0 radical (unpaired) electrons. The van der Waals surface area contributed by atoms with Gasteiger partial charge in [-0.3, -0.25) is 39.3 Å². The molecule has 2 fully saturated rings. The van der Waals surface area contributed by atoms with E-state index in [1.165, 1.54) is 6.20 Å². The Kier molecular flexibility index (Phi) is 10.5. The van der Waals surface area contributed by atoms with Crippen molar-refractivity contribution in [1.29, 1.82) is 0 Å². The fraction of sp³-hybridized carbons (Fsp3) is 0.300. The Labute approximate surface area is 342 Å². The van der Waals surface area contributed by atoms with E-state index in [1.54, 1.807) is 35.3 Å². The van der Waals surface area contributed by atoms with Crippen molar-refractivity contribution in [3.8, 4) is 11.4 Å². The molecule has 1 atom stereocenters. The molecular weight excluding hydrogens is 771 g/mol. The van der Waals surface area contributed by atoms with E-state index in [4.69, 9.17) is 15.5 Å². The normalized spacial score (nSPS) is 17.0. The Hall–Kier alpha value is -7.32. The molecule has 7 heterocycles. The summed E-state index contributed by atoms with van der Waals surface area (Å²) in [6.45, 7) is 5.84. The lowest BCUT2D eigenvalue weighted by molar-refractivity contribution is -0.136. The van der Waals surface area contributed by atoms with Crippen molar-refractivity contribution in [2.75, 3.05) is 67.2 Å². The zero-order chi connectivity index (χ0) is 41.2. The second-order valence-electron chi connectivity index (χ2n) is 14.6. The molecule has 6 aromatic rings. The standard InChI is InChI=1S/C40H41N15O5/c41-33-21-42-20-30(46-33)31-24-53-12-10-44-37(53)36(47-31)45-25-4-6-27(7-5-25)52-15-13-51(14-16-52)22-26-23-54(50-49-26)17-19-60-18-11-43-29-3-1-2-28-35(29)40(59)55(39(28)58)32-8-9-34(56)48-38(32)57/h1-7,10,12,20-21,23-24,32,43H,8-9,11,13-19,22H2,(H2,41,46)(H,45,47)(H,48,56,57). The molecule has 306 valence electrons. The Balaban J connectivity index is 0.707. The Morgan fingerprint density at radius 1 is 0.917 bits per heavy atom. The van der Waals surface area contributed by atoms with Gasteiger partial charge in [-0.05, 0) is 42.8 Å². The summed E-state index contributed by atoms with van der Waals surface area (Å²) in [6, 6.07) is 12.2. The summed E-state index contributed by atoms with van der Waals surface area (Å²) in [7, 11) is 0. The number of benzene rings is 2. The first-order chi connectivity index (χ1) is 29.3. The lowest BCUT2D eigenvalue weighted by Crippen LogP contribution is -2.54. The number of carbonyl (C=O) groups excluding carboxylic acids is 4. The highest BCUT2D eigenvalue weighted by Crippen LogP contribution is 2.32. The number of carbonyl (C=O) groups is 4. The van der Waals surface area contributed by atoms with Crippen molar-refractivity contribution in [3.05, 3.63) is 96.5 Å². The van der Waals surface area contributed by atoms with Crippen LogP contribution in [0.3, 0.4) is 0 Å². The summed E-state index contributed by atoms with van der Waals surface area (Å²) in [5.74, 6) is -1.25. The highest BCUT2D eigenvalue weighted by Gasteiger charge is 2.45. The van der Waals surface area contributed by atoms with Crippen LogP contribution in [0.4, 0.5) is 28.7 Å². The number of hydrogen-bond acceptors (Lipinski definition) is 16. The van der Waals surface area contributed by atoms with Gasteiger partial charge in [0.1, 0.15) is 23.2 Å². The average molecular weight is 812 g/mol. The highest BCUT2D eigenvalue weighted by molar-refractivity contribution is 6.25. The summed E-state index contributed by atoms with van der Waals surface area (Å²) in [5, 5.41) is 17.5. The highest BCUT2D eigenvalue weighted by atomic mass is 16.5. The monoisotopic (exact) mass is 811 g/mol. The number of nitrogens with zero attached hydrogens (tertiary/aromatic N) is 11. The van der Waals surface area contributed by atoms with Crippen molar-refractivity contribution >= 4 is 58.0 Å². The molecule has 20 heteroatoms. The zero-order valence-electron chi connectivity index (χ0n) is 32.4. The molecule has 60 heavy (non-hydrogen) atoms. The van der Waals surface area contributed by atoms with Gasteiger partial charge in [-0.15, -0.1) is 5.10 Å². The lowest BCUT2D eigenvalue weighted by atomic mass is 10.0. The number of imide groups is 2. The molecule has 3 aliphatic heterocycles. The third-order valence-corrected chi connectivity index (χ3v) is 10.6. The summed E-state index contributed by atoms with van der Waals surface area (Å²) < 4.78 is 9.48. The number of nitrogen functional groups attached to an aromatic ring is 1. The van der Waals surface area contributed by atoms with Crippen molar-refractivity contribution in [1.82, 2.24) is 54.4 Å². The fourth-order valence-electron chi connectivity index (χ4n) is 7.63. The van der Waals surface area contributed by atoms with Gasteiger partial charge in [0.15, 0.2) is 11.5 Å². The quantitative estimate of drug-likeness (QED) is 0.0909. The van der Waals surface area contributed by atoms with Crippen LogP contribution in [0, 0.1) is 0 Å². The average Bonchev–Trinajstić information content (AvgIpc) is 3.98. The molecule has 2 saturated heterocycles. The second kappa shape index (κ2) is 16.5. The van der Waals surface area contributed by atoms with E-state index in [-0.39, 0.29) is 24.0 Å². The molecule has 0 spiro atoms. The minimum Gasteiger partial charge on any atom is -0.382 e. The van der Waals surface area contributed by atoms with E-state index >= 15 is 0 Å². The van der Waals surface area contributed by atoms with Crippen LogP contribution in [0.15, 0.2) is 79.6 Å². The van der Waals surface area contributed by atoms with E-state index in [0.29, 0.717) is 67.2 Å². The number of nitrogens with one attached hydrogen (secondary N) is 3. The molecule has 3 aliphatic rings. The maximum atomic E-state index is 13.3. The summed E-state index contributed by atoms with van der Waals surface area (Å²) in [6.07, 6.45) is 10.7. The molecule has 5 N–H and O–H groups in total. The summed E-state index contributed by atoms with van der Waals surface area (Å²) >= 11 is 0. The number of anilines is 5. The number of nitrogens with two attached hydrogens (primary N) is 1. The SMILES string of the molecule is Nc1cncc(-c2cn3ccnc3c(Nc3ccc(N4CCN(Cc5cn(CCOCCNc6cccc7c6C(=O)N(C6CCC(=O)NC6=O)C7=O)nn5)CC4)cc3)n2)n1. The number of amides is 4. The maximum absolute atomic E-state index is 13.3. The molecule has 9 rings (SSSR count). The minimum atomic E-state index is -1.02. The summed E-state index contributed by atoms with van der Waals surface area (Å²) in [5.41, 5.74) is 11.6. The van der Waals surface area contributed by atoms with Crippen LogP contribution in [0.1, 0.15) is 39.3 Å². The molecular formula is C40H41N15O5. The molecule has 0 saturated carbocycles. The van der Waals surface area contributed by atoms with Crippen LogP contribution in [0.25, 0.3) is 17.0 Å². The Bertz CT molecular complexity index is 2580. The van der Waals surface area contributed by atoms with Crippen molar-refractivity contribution in [2.24, 2.45) is 0 Å². The maximum Gasteiger partial charge on any atom is 0.264 e. The summed E-state index contributed by atoms with van der Waals surface area (Å²) in [4.78, 5) is 73.9. The van der Waals surface area contributed by atoms with E-state index in [2.05, 4.69) is 63.1 Å². The van der Waals surface area contributed by atoms with Gasteiger partial charge in [0.25, 0.3) is 11.8 Å². The van der Waals surface area contributed by atoms with Crippen LogP contribution in [-0.4, -0.2) is 125 Å². The topological polar surface area (TPSA) is 236 Å². The first-order valence-corrected chi connectivity index (χ1v) is 19.6. The molecule has 2 aromatic carbocycles. The molecule has 4 amide bonds.